The van der Waals surface area contributed by atoms with Gasteiger partial charge in [-0.2, -0.15) is 0 Å². The van der Waals surface area contributed by atoms with Crippen LogP contribution in [0.5, 0.6) is 0 Å². The Morgan fingerprint density at radius 3 is 2.30 bits per heavy atom. The highest BCUT2D eigenvalue weighted by Gasteiger charge is 2.24. The van der Waals surface area contributed by atoms with Gasteiger partial charge in [0.2, 0.25) is 0 Å². The molecule has 2 aromatic rings. The summed E-state index contributed by atoms with van der Waals surface area (Å²) in [4.78, 5) is 5.02. The number of aliphatic imine (C=N–C) groups is 1. The van der Waals surface area contributed by atoms with Gasteiger partial charge in [0.1, 0.15) is 0 Å². The zero-order valence-corrected chi connectivity index (χ0v) is 12.0. The van der Waals surface area contributed by atoms with Gasteiger partial charge in [-0.25, -0.2) is 0 Å². The first-order chi connectivity index (χ1) is 9.84. The van der Waals surface area contributed by atoms with E-state index in [1.165, 1.54) is 29.7 Å². The van der Waals surface area contributed by atoms with E-state index in [1.54, 1.807) is 0 Å². The Bertz CT molecular complexity index is 571. The van der Waals surface area contributed by atoms with E-state index in [0.717, 1.165) is 6.42 Å². The van der Waals surface area contributed by atoms with Crippen molar-refractivity contribution in [2.75, 3.05) is 0 Å². The molecule has 0 aromatic heterocycles. The summed E-state index contributed by atoms with van der Waals surface area (Å²) in [6.45, 7) is 2.20. The maximum Gasteiger partial charge on any atom is 0.0720 e. The second-order valence-corrected chi connectivity index (χ2v) is 5.56. The predicted molar refractivity (Wildman–Crippen MR) is 85.3 cm³/mol. The molecule has 0 N–H and O–H groups in total. The summed E-state index contributed by atoms with van der Waals surface area (Å²) in [5.41, 5.74) is 4.11. The molecule has 20 heavy (non-hydrogen) atoms. The minimum atomic E-state index is 0.260. The quantitative estimate of drug-likeness (QED) is 0.725. The van der Waals surface area contributed by atoms with Gasteiger partial charge >= 0.3 is 0 Å². The molecular formula is C19H21N. The van der Waals surface area contributed by atoms with Gasteiger partial charge in [-0.1, -0.05) is 60.7 Å². The summed E-state index contributed by atoms with van der Waals surface area (Å²) < 4.78 is 0. The van der Waals surface area contributed by atoms with Crippen LogP contribution in [0, 0.1) is 0 Å². The van der Waals surface area contributed by atoms with Crippen LogP contribution in [-0.4, -0.2) is 5.71 Å². The van der Waals surface area contributed by atoms with Crippen molar-refractivity contribution in [2.24, 2.45) is 4.99 Å². The maximum absolute atomic E-state index is 5.02. The number of nitrogens with zero attached hydrogens (tertiary/aromatic N) is 1. The third-order valence-corrected chi connectivity index (χ3v) is 4.17. The zero-order valence-electron chi connectivity index (χ0n) is 12.0. The van der Waals surface area contributed by atoms with Gasteiger partial charge in [0, 0.05) is 11.6 Å². The zero-order chi connectivity index (χ0) is 13.8. The largest absolute Gasteiger partial charge is 0.286 e. The molecule has 1 heteroatoms. The van der Waals surface area contributed by atoms with Gasteiger partial charge in [-0.3, -0.25) is 4.99 Å². The summed E-state index contributed by atoms with van der Waals surface area (Å²) in [7, 11) is 0. The Hall–Kier alpha value is -1.89. The lowest BCUT2D eigenvalue weighted by atomic mass is 9.96. The van der Waals surface area contributed by atoms with Crippen molar-refractivity contribution in [1.82, 2.24) is 0 Å². The number of hydrogen-bond acceptors (Lipinski definition) is 1. The molecule has 1 saturated carbocycles. The van der Waals surface area contributed by atoms with Crippen molar-refractivity contribution in [3.05, 3.63) is 71.8 Å². The highest BCUT2D eigenvalue weighted by Crippen LogP contribution is 2.33. The average molecular weight is 263 g/mol. The van der Waals surface area contributed by atoms with E-state index >= 15 is 0 Å². The fraction of sp³-hybridized carbons (Fsp3) is 0.316. The molecule has 0 bridgehead atoms. The van der Waals surface area contributed by atoms with Crippen LogP contribution in [0.2, 0.25) is 0 Å². The lowest BCUT2D eigenvalue weighted by molar-refractivity contribution is 0.791. The number of hydrogen-bond donors (Lipinski definition) is 0. The molecule has 102 valence electrons. The van der Waals surface area contributed by atoms with E-state index in [9.17, 15) is 0 Å². The molecule has 1 aliphatic carbocycles. The van der Waals surface area contributed by atoms with E-state index in [0.29, 0.717) is 5.92 Å². The third kappa shape index (κ3) is 2.82. The van der Waals surface area contributed by atoms with Crippen molar-refractivity contribution in [3.8, 4) is 0 Å². The Morgan fingerprint density at radius 1 is 0.950 bits per heavy atom. The van der Waals surface area contributed by atoms with Crippen molar-refractivity contribution < 1.29 is 0 Å². The fourth-order valence-electron chi connectivity index (χ4n) is 3.08. The molecule has 0 spiro atoms. The van der Waals surface area contributed by atoms with E-state index in [2.05, 4.69) is 67.6 Å². The van der Waals surface area contributed by atoms with Crippen LogP contribution in [0.15, 0.2) is 65.7 Å². The molecule has 1 aliphatic rings. The van der Waals surface area contributed by atoms with Gasteiger partial charge in [-0.15, -0.1) is 0 Å². The SMILES string of the molecule is C[C@@H](N=C1CCCC1c1ccccc1)c1ccccc1. The van der Waals surface area contributed by atoms with Gasteiger partial charge in [0.15, 0.2) is 0 Å². The highest BCUT2D eigenvalue weighted by atomic mass is 14.8. The molecular weight excluding hydrogens is 242 g/mol. The summed E-state index contributed by atoms with van der Waals surface area (Å²) in [5, 5.41) is 0. The van der Waals surface area contributed by atoms with Crippen molar-refractivity contribution in [1.29, 1.82) is 0 Å². The third-order valence-electron chi connectivity index (χ3n) is 4.17. The van der Waals surface area contributed by atoms with Crippen LogP contribution in [0.1, 0.15) is 49.3 Å². The maximum atomic E-state index is 5.02. The Labute approximate surface area is 121 Å². The van der Waals surface area contributed by atoms with Crippen LogP contribution >= 0.6 is 0 Å². The predicted octanol–water partition coefficient (Wildman–Crippen LogP) is 5.16. The molecule has 1 fully saturated rings. The van der Waals surface area contributed by atoms with Crippen LogP contribution in [-0.2, 0) is 0 Å². The molecule has 2 aromatic carbocycles. The first-order valence-electron chi connectivity index (χ1n) is 7.51. The lowest BCUT2D eigenvalue weighted by Crippen LogP contribution is -2.07. The molecule has 0 heterocycles. The summed E-state index contributed by atoms with van der Waals surface area (Å²) in [5.74, 6) is 0.530. The topological polar surface area (TPSA) is 12.4 Å². The Kier molecular flexibility index (Phi) is 3.96. The molecule has 0 radical (unpaired) electrons. The van der Waals surface area contributed by atoms with E-state index in [1.807, 2.05) is 0 Å². The standard InChI is InChI=1S/C19H21N/c1-15(16-9-4-2-5-10-16)20-19-14-8-13-18(19)17-11-6-3-7-12-17/h2-7,9-12,15,18H,8,13-14H2,1H3/t15-,18?/m1/s1. The van der Waals surface area contributed by atoms with Gasteiger partial charge in [0.25, 0.3) is 0 Å². The van der Waals surface area contributed by atoms with E-state index in [-0.39, 0.29) is 6.04 Å². The number of benzene rings is 2. The van der Waals surface area contributed by atoms with Crippen molar-refractivity contribution >= 4 is 5.71 Å². The minimum Gasteiger partial charge on any atom is -0.286 e. The first-order valence-corrected chi connectivity index (χ1v) is 7.51. The van der Waals surface area contributed by atoms with Crippen molar-refractivity contribution in [2.45, 2.75) is 38.1 Å². The lowest BCUT2D eigenvalue weighted by Gasteiger charge is -2.14. The van der Waals surface area contributed by atoms with Crippen molar-refractivity contribution in [3.63, 3.8) is 0 Å². The second kappa shape index (κ2) is 6.04. The smallest absolute Gasteiger partial charge is 0.0720 e. The number of rotatable bonds is 3. The van der Waals surface area contributed by atoms with Gasteiger partial charge in [-0.05, 0) is 37.3 Å². The first kappa shape index (κ1) is 13.1. The van der Waals surface area contributed by atoms with Crippen LogP contribution in [0.4, 0.5) is 0 Å². The molecule has 3 rings (SSSR count). The van der Waals surface area contributed by atoms with E-state index < -0.39 is 0 Å². The monoisotopic (exact) mass is 263 g/mol. The van der Waals surface area contributed by atoms with Crippen LogP contribution in [0.3, 0.4) is 0 Å². The molecule has 0 saturated heterocycles. The van der Waals surface area contributed by atoms with Crippen LogP contribution in [0.25, 0.3) is 0 Å². The summed E-state index contributed by atoms with van der Waals surface area (Å²) >= 11 is 0. The van der Waals surface area contributed by atoms with Gasteiger partial charge in [0.05, 0.1) is 6.04 Å². The highest BCUT2D eigenvalue weighted by molar-refractivity contribution is 5.93. The Balaban J connectivity index is 1.83. The normalized spacial score (nSPS) is 22.1. The molecule has 1 unspecified atom stereocenters. The second-order valence-electron chi connectivity index (χ2n) is 5.56. The minimum absolute atomic E-state index is 0.260. The van der Waals surface area contributed by atoms with Gasteiger partial charge < -0.3 is 0 Å². The fourth-order valence-corrected chi connectivity index (χ4v) is 3.08. The molecule has 0 amide bonds. The molecule has 2 atom stereocenters. The average Bonchev–Trinajstić information content (AvgIpc) is 2.97. The summed E-state index contributed by atoms with van der Waals surface area (Å²) in [6.07, 6.45) is 3.65. The molecule has 1 nitrogen and oxygen atoms in total. The summed E-state index contributed by atoms with van der Waals surface area (Å²) in [6, 6.07) is 21.7. The van der Waals surface area contributed by atoms with Crippen LogP contribution < -0.4 is 0 Å². The Morgan fingerprint density at radius 2 is 1.60 bits per heavy atom. The van der Waals surface area contributed by atoms with E-state index in [4.69, 9.17) is 4.99 Å². The molecule has 0 aliphatic heterocycles.